The van der Waals surface area contributed by atoms with E-state index in [4.69, 9.17) is 16.3 Å². The normalized spacial score (nSPS) is 26.0. The van der Waals surface area contributed by atoms with Gasteiger partial charge in [-0.3, -0.25) is 9.20 Å². The molecule has 2 aliphatic rings. The summed E-state index contributed by atoms with van der Waals surface area (Å²) in [4.78, 5) is 4.46. The molecule has 2 N–H and O–H groups in total. The zero-order valence-electron chi connectivity index (χ0n) is 17.6. The maximum Gasteiger partial charge on any atom is 0.191 e. The molecule has 1 aromatic rings. The standard InChI is InChI=1S/C22H34ClN3O2S/c1-3-29(27)18-8-6-7-17(15-18)26-21(24-2)25-16-22(11-13-28-14-12-22)19-9-4-5-10-20(19)23/h4-5,9-10,17-18H,3,6-8,11-16H2,1-2H3,(H2,24,25,26). The average molecular weight is 440 g/mol. The van der Waals surface area contributed by atoms with Crippen LogP contribution in [0.4, 0.5) is 0 Å². The number of rotatable bonds is 6. The van der Waals surface area contributed by atoms with E-state index >= 15 is 0 Å². The topological polar surface area (TPSA) is 62.7 Å². The summed E-state index contributed by atoms with van der Waals surface area (Å²) in [6.45, 7) is 4.25. The lowest BCUT2D eigenvalue weighted by molar-refractivity contribution is 0.0514. The van der Waals surface area contributed by atoms with Crippen LogP contribution in [0.25, 0.3) is 0 Å². The molecular weight excluding hydrogens is 406 g/mol. The van der Waals surface area contributed by atoms with E-state index in [1.165, 1.54) is 5.56 Å². The molecule has 0 aromatic heterocycles. The Morgan fingerprint density at radius 3 is 2.76 bits per heavy atom. The molecule has 0 bridgehead atoms. The number of halogens is 1. The number of hydrogen-bond acceptors (Lipinski definition) is 3. The van der Waals surface area contributed by atoms with Gasteiger partial charge in [-0.05, 0) is 43.7 Å². The van der Waals surface area contributed by atoms with Gasteiger partial charge < -0.3 is 15.4 Å². The second-order valence-electron chi connectivity index (χ2n) is 8.10. The van der Waals surface area contributed by atoms with Gasteiger partial charge in [0.2, 0.25) is 0 Å². The van der Waals surface area contributed by atoms with Crippen molar-refractivity contribution >= 4 is 28.4 Å². The van der Waals surface area contributed by atoms with Gasteiger partial charge in [-0.2, -0.15) is 0 Å². The molecule has 29 heavy (non-hydrogen) atoms. The van der Waals surface area contributed by atoms with Crippen molar-refractivity contribution in [3.63, 3.8) is 0 Å². The third kappa shape index (κ3) is 5.74. The number of ether oxygens (including phenoxy) is 1. The van der Waals surface area contributed by atoms with Crippen molar-refractivity contribution in [3.05, 3.63) is 34.9 Å². The third-order valence-corrected chi connectivity index (χ3v) is 8.41. The predicted molar refractivity (Wildman–Crippen MR) is 122 cm³/mol. The van der Waals surface area contributed by atoms with Gasteiger partial charge in [-0.15, -0.1) is 0 Å². The van der Waals surface area contributed by atoms with E-state index in [1.54, 1.807) is 0 Å². The first-order chi connectivity index (χ1) is 14.1. The van der Waals surface area contributed by atoms with Gasteiger partial charge in [0.15, 0.2) is 5.96 Å². The summed E-state index contributed by atoms with van der Waals surface area (Å²) >= 11 is 6.57. The van der Waals surface area contributed by atoms with Crippen molar-refractivity contribution in [2.24, 2.45) is 4.99 Å². The summed E-state index contributed by atoms with van der Waals surface area (Å²) in [5, 5.41) is 8.25. The Hall–Kier alpha value is -1.11. The largest absolute Gasteiger partial charge is 0.381 e. The lowest BCUT2D eigenvalue weighted by Gasteiger charge is -2.39. The smallest absolute Gasteiger partial charge is 0.191 e. The van der Waals surface area contributed by atoms with E-state index in [-0.39, 0.29) is 5.41 Å². The van der Waals surface area contributed by atoms with Crippen molar-refractivity contribution in [3.8, 4) is 0 Å². The van der Waals surface area contributed by atoms with Crippen molar-refractivity contribution in [1.82, 2.24) is 10.6 Å². The van der Waals surface area contributed by atoms with Gasteiger partial charge in [0.05, 0.1) is 0 Å². The molecular formula is C22H34ClN3O2S. The zero-order chi connectivity index (χ0) is 20.7. The number of hydrogen-bond donors (Lipinski definition) is 2. The quantitative estimate of drug-likeness (QED) is 0.524. The molecule has 1 saturated carbocycles. The van der Waals surface area contributed by atoms with Gasteiger partial charge in [0.1, 0.15) is 0 Å². The molecule has 7 heteroatoms. The van der Waals surface area contributed by atoms with Crippen molar-refractivity contribution in [1.29, 1.82) is 0 Å². The van der Waals surface area contributed by atoms with E-state index in [0.29, 0.717) is 11.3 Å². The fourth-order valence-corrected chi connectivity index (χ4v) is 6.27. The molecule has 0 radical (unpaired) electrons. The molecule has 1 aliphatic carbocycles. The van der Waals surface area contributed by atoms with E-state index in [0.717, 1.165) is 75.0 Å². The van der Waals surface area contributed by atoms with Crippen molar-refractivity contribution in [2.75, 3.05) is 32.6 Å². The van der Waals surface area contributed by atoms with E-state index in [1.807, 2.05) is 26.1 Å². The Labute approximate surface area is 182 Å². The summed E-state index contributed by atoms with van der Waals surface area (Å²) in [5.41, 5.74) is 1.12. The van der Waals surface area contributed by atoms with E-state index in [9.17, 15) is 4.21 Å². The highest BCUT2D eigenvalue weighted by Gasteiger charge is 2.36. The van der Waals surface area contributed by atoms with Crippen LogP contribution in [0.5, 0.6) is 0 Å². The maximum atomic E-state index is 12.2. The second kappa shape index (κ2) is 10.8. The monoisotopic (exact) mass is 439 g/mol. The van der Waals surface area contributed by atoms with Crippen LogP contribution in [0.15, 0.2) is 29.3 Å². The van der Waals surface area contributed by atoms with Crippen LogP contribution in [0.3, 0.4) is 0 Å². The molecule has 1 aromatic carbocycles. The first-order valence-corrected chi connectivity index (χ1v) is 12.5. The number of nitrogens with one attached hydrogen (secondary N) is 2. The Morgan fingerprint density at radius 2 is 2.07 bits per heavy atom. The Kier molecular flexibility index (Phi) is 8.39. The highest BCUT2D eigenvalue weighted by atomic mass is 35.5. The number of nitrogens with zero attached hydrogens (tertiary/aromatic N) is 1. The Balaban J connectivity index is 1.65. The van der Waals surface area contributed by atoms with Crippen LogP contribution in [0.2, 0.25) is 5.02 Å². The van der Waals surface area contributed by atoms with Crippen LogP contribution in [-0.4, -0.2) is 54.0 Å². The van der Waals surface area contributed by atoms with Gasteiger partial charge in [0.25, 0.3) is 0 Å². The molecule has 3 atom stereocenters. The van der Waals surface area contributed by atoms with Gasteiger partial charge in [0, 0.05) is 65.1 Å². The fraction of sp³-hybridized carbons (Fsp3) is 0.682. The molecule has 3 unspecified atom stereocenters. The summed E-state index contributed by atoms with van der Waals surface area (Å²) in [6.07, 6.45) is 6.10. The van der Waals surface area contributed by atoms with Crippen molar-refractivity contribution in [2.45, 2.75) is 62.2 Å². The van der Waals surface area contributed by atoms with Gasteiger partial charge in [-0.1, -0.05) is 43.1 Å². The molecule has 0 amide bonds. The molecule has 2 fully saturated rings. The molecule has 0 spiro atoms. The highest BCUT2D eigenvalue weighted by molar-refractivity contribution is 7.85. The Bertz CT molecular complexity index is 722. The minimum atomic E-state index is -0.722. The lowest BCUT2D eigenvalue weighted by Crippen LogP contribution is -2.51. The number of benzene rings is 1. The lowest BCUT2D eigenvalue weighted by atomic mass is 9.74. The predicted octanol–water partition coefficient (Wildman–Crippen LogP) is 3.63. The minimum absolute atomic E-state index is 0.0625. The second-order valence-corrected chi connectivity index (χ2v) is 10.5. The number of aliphatic imine (C=N–C) groups is 1. The molecule has 5 nitrogen and oxygen atoms in total. The van der Waals surface area contributed by atoms with E-state index < -0.39 is 10.8 Å². The molecule has 1 saturated heterocycles. The average Bonchev–Trinajstić information content (AvgIpc) is 2.77. The number of guanidine groups is 1. The van der Waals surface area contributed by atoms with Crippen LogP contribution in [0.1, 0.15) is 51.0 Å². The zero-order valence-corrected chi connectivity index (χ0v) is 19.2. The Morgan fingerprint density at radius 1 is 1.31 bits per heavy atom. The summed E-state index contributed by atoms with van der Waals surface area (Å²) < 4.78 is 17.9. The summed E-state index contributed by atoms with van der Waals surface area (Å²) in [5.74, 6) is 1.56. The molecule has 1 aliphatic heterocycles. The fourth-order valence-electron chi connectivity index (χ4n) is 4.59. The van der Waals surface area contributed by atoms with Gasteiger partial charge >= 0.3 is 0 Å². The summed E-state index contributed by atoms with van der Waals surface area (Å²) in [7, 11) is 1.09. The minimum Gasteiger partial charge on any atom is -0.381 e. The molecule has 162 valence electrons. The summed E-state index contributed by atoms with van der Waals surface area (Å²) in [6, 6.07) is 8.46. The first-order valence-electron chi connectivity index (χ1n) is 10.7. The molecule has 3 rings (SSSR count). The van der Waals surface area contributed by atoms with Gasteiger partial charge in [-0.25, -0.2) is 0 Å². The van der Waals surface area contributed by atoms with Crippen molar-refractivity contribution < 1.29 is 8.95 Å². The maximum absolute atomic E-state index is 12.2. The van der Waals surface area contributed by atoms with Crippen LogP contribution in [0, 0.1) is 0 Å². The van der Waals surface area contributed by atoms with E-state index in [2.05, 4.69) is 27.8 Å². The first kappa shape index (κ1) is 22.6. The highest BCUT2D eigenvalue weighted by Crippen LogP contribution is 2.38. The van der Waals surface area contributed by atoms with Crippen LogP contribution in [-0.2, 0) is 21.0 Å². The SMILES string of the molecule is CCS(=O)C1CCCC(NC(=NC)NCC2(c3ccccc3Cl)CCOCC2)C1. The third-order valence-electron chi connectivity index (χ3n) is 6.34. The molecule has 1 heterocycles. The van der Waals surface area contributed by atoms with Crippen LogP contribution < -0.4 is 10.6 Å². The van der Waals surface area contributed by atoms with Crippen LogP contribution >= 0.6 is 11.6 Å².